The molecule has 0 heterocycles. The fraction of sp³-hybridized carbons (Fsp3) is 0.636. The van der Waals surface area contributed by atoms with E-state index in [2.05, 4.69) is 32.9 Å². The van der Waals surface area contributed by atoms with Crippen molar-refractivity contribution in [2.45, 2.75) is 19.9 Å². The minimum absolute atomic E-state index is 0.0516. The third-order valence-electron chi connectivity index (χ3n) is 4.47. The number of benzene rings is 1. The number of carbonyl (C=O) groups is 1. The number of likely N-dealkylation sites (N-methyl/N-ethyl adjacent to an activating group) is 2. The molecule has 1 aromatic carbocycles. The largest absolute Gasteiger partial charge is 0.385 e. The van der Waals surface area contributed by atoms with Crippen molar-refractivity contribution in [2.75, 3.05) is 74.1 Å². The second-order valence-electron chi connectivity index (χ2n) is 7.53. The second kappa shape index (κ2) is 15.6. The van der Waals surface area contributed by atoms with E-state index < -0.39 is 0 Å². The van der Waals surface area contributed by atoms with Crippen LogP contribution in [0.5, 0.6) is 0 Å². The zero-order valence-electron chi connectivity index (χ0n) is 19.3. The predicted octanol–water partition coefficient (Wildman–Crippen LogP) is 1.00. The molecular formula is C22H40N6O2. The van der Waals surface area contributed by atoms with E-state index >= 15 is 0 Å². The number of aliphatic imine (C=N–C) groups is 1. The maximum atomic E-state index is 12.3. The van der Waals surface area contributed by atoms with Gasteiger partial charge >= 0.3 is 0 Å². The molecule has 0 saturated carbocycles. The number of methoxy groups -OCH3 is 1. The lowest BCUT2D eigenvalue weighted by Crippen LogP contribution is -2.41. The summed E-state index contributed by atoms with van der Waals surface area (Å²) in [6.07, 6.45) is 1.03. The molecule has 8 heteroatoms. The van der Waals surface area contributed by atoms with Crippen LogP contribution in [0.3, 0.4) is 0 Å². The van der Waals surface area contributed by atoms with E-state index in [1.807, 2.05) is 50.2 Å². The molecule has 30 heavy (non-hydrogen) atoms. The third kappa shape index (κ3) is 11.7. The summed E-state index contributed by atoms with van der Waals surface area (Å²) in [5, 5.41) is 9.59. The Morgan fingerprint density at radius 1 is 1.07 bits per heavy atom. The number of nitrogens with one attached hydrogen (secondary N) is 3. The third-order valence-corrected chi connectivity index (χ3v) is 4.47. The highest BCUT2D eigenvalue weighted by atomic mass is 16.5. The van der Waals surface area contributed by atoms with Crippen molar-refractivity contribution in [1.29, 1.82) is 0 Å². The lowest BCUT2D eigenvalue weighted by atomic mass is 10.1. The Morgan fingerprint density at radius 3 is 2.53 bits per heavy atom. The average Bonchev–Trinajstić information content (AvgIpc) is 2.72. The molecule has 0 aromatic heterocycles. The van der Waals surface area contributed by atoms with Gasteiger partial charge < -0.3 is 30.5 Å². The van der Waals surface area contributed by atoms with Gasteiger partial charge in [-0.3, -0.25) is 4.79 Å². The first-order valence-corrected chi connectivity index (χ1v) is 10.7. The number of hydrogen-bond donors (Lipinski definition) is 3. The molecule has 1 aromatic rings. The van der Waals surface area contributed by atoms with E-state index in [1.165, 1.54) is 0 Å². The molecule has 0 radical (unpaired) electrons. The van der Waals surface area contributed by atoms with Crippen LogP contribution in [0.15, 0.2) is 29.3 Å². The molecule has 0 aliphatic heterocycles. The molecule has 1 rings (SSSR count). The van der Waals surface area contributed by atoms with Crippen molar-refractivity contribution >= 4 is 11.9 Å². The van der Waals surface area contributed by atoms with Crippen molar-refractivity contribution < 1.29 is 9.53 Å². The van der Waals surface area contributed by atoms with Crippen LogP contribution in [0.25, 0.3) is 0 Å². The van der Waals surface area contributed by atoms with Gasteiger partial charge in [0.1, 0.15) is 0 Å². The first-order chi connectivity index (χ1) is 14.5. The standard InChI is InChI=1S/C22H40N6O2/c1-6-23-22(25-12-15-28(4)13-8-16-30-5)26-18-19-9-7-10-20(17-19)21(29)24-11-14-27(2)3/h7,9-10,17H,6,8,11-16,18H2,1-5H3,(H,24,29)(H2,23,25,26). The first-order valence-electron chi connectivity index (χ1n) is 10.7. The fourth-order valence-electron chi connectivity index (χ4n) is 2.77. The Morgan fingerprint density at radius 2 is 1.83 bits per heavy atom. The van der Waals surface area contributed by atoms with Gasteiger partial charge in [-0.1, -0.05) is 12.1 Å². The summed E-state index contributed by atoms with van der Waals surface area (Å²) in [5.74, 6) is 0.729. The number of carbonyl (C=O) groups excluding carboxylic acids is 1. The van der Waals surface area contributed by atoms with Gasteiger partial charge in [0.25, 0.3) is 5.91 Å². The van der Waals surface area contributed by atoms with Crippen LogP contribution < -0.4 is 16.0 Å². The summed E-state index contributed by atoms with van der Waals surface area (Å²) in [7, 11) is 7.81. The Hall–Kier alpha value is -2.16. The number of ether oxygens (including phenoxy) is 1. The number of nitrogens with zero attached hydrogens (tertiary/aromatic N) is 3. The SMILES string of the molecule is CCNC(=NCc1cccc(C(=O)NCCN(C)C)c1)NCCN(C)CCCOC. The topological polar surface area (TPSA) is 81.2 Å². The van der Waals surface area contributed by atoms with Crippen LogP contribution >= 0.6 is 0 Å². The molecule has 0 aliphatic carbocycles. The number of amides is 1. The summed E-state index contributed by atoms with van der Waals surface area (Å²) in [4.78, 5) is 21.3. The van der Waals surface area contributed by atoms with Crippen LogP contribution in [-0.4, -0.2) is 95.8 Å². The van der Waals surface area contributed by atoms with Crippen molar-refractivity contribution in [2.24, 2.45) is 4.99 Å². The molecule has 1 amide bonds. The Balaban J connectivity index is 2.54. The summed E-state index contributed by atoms with van der Waals surface area (Å²) in [6.45, 7) is 8.33. The highest BCUT2D eigenvalue weighted by Gasteiger charge is 2.06. The van der Waals surface area contributed by atoms with Crippen LogP contribution in [0, 0.1) is 0 Å². The average molecular weight is 421 g/mol. The van der Waals surface area contributed by atoms with Crippen molar-refractivity contribution in [1.82, 2.24) is 25.8 Å². The molecule has 170 valence electrons. The highest BCUT2D eigenvalue weighted by Crippen LogP contribution is 2.07. The maximum absolute atomic E-state index is 12.3. The summed E-state index contributed by atoms with van der Waals surface area (Å²) in [5.41, 5.74) is 1.67. The number of guanidine groups is 1. The molecule has 0 bridgehead atoms. The quantitative estimate of drug-likeness (QED) is 0.237. The Labute approximate surface area is 182 Å². The van der Waals surface area contributed by atoms with Crippen LogP contribution in [0.1, 0.15) is 29.3 Å². The highest BCUT2D eigenvalue weighted by molar-refractivity contribution is 5.94. The molecular weight excluding hydrogens is 380 g/mol. The Bertz CT molecular complexity index is 636. The van der Waals surface area contributed by atoms with Gasteiger partial charge in [-0.2, -0.15) is 0 Å². The summed E-state index contributed by atoms with van der Waals surface area (Å²) >= 11 is 0. The molecule has 0 fully saturated rings. The van der Waals surface area contributed by atoms with Gasteiger partial charge in [-0.25, -0.2) is 4.99 Å². The molecule has 0 spiro atoms. The maximum Gasteiger partial charge on any atom is 0.251 e. The monoisotopic (exact) mass is 420 g/mol. The molecule has 0 unspecified atom stereocenters. The number of hydrogen-bond acceptors (Lipinski definition) is 5. The molecule has 0 saturated heterocycles. The fourth-order valence-corrected chi connectivity index (χ4v) is 2.77. The van der Waals surface area contributed by atoms with Crippen molar-refractivity contribution in [3.63, 3.8) is 0 Å². The van der Waals surface area contributed by atoms with Gasteiger partial charge in [-0.15, -0.1) is 0 Å². The van der Waals surface area contributed by atoms with Gasteiger partial charge in [0.05, 0.1) is 6.54 Å². The van der Waals surface area contributed by atoms with E-state index in [0.717, 1.165) is 57.3 Å². The molecule has 0 aliphatic rings. The normalized spacial score (nSPS) is 11.8. The minimum Gasteiger partial charge on any atom is -0.385 e. The minimum atomic E-state index is -0.0516. The van der Waals surface area contributed by atoms with Gasteiger partial charge in [0.2, 0.25) is 0 Å². The van der Waals surface area contributed by atoms with Crippen LogP contribution in [0.2, 0.25) is 0 Å². The van der Waals surface area contributed by atoms with E-state index in [9.17, 15) is 4.79 Å². The second-order valence-corrected chi connectivity index (χ2v) is 7.53. The van der Waals surface area contributed by atoms with E-state index in [0.29, 0.717) is 18.7 Å². The summed E-state index contributed by atoms with van der Waals surface area (Å²) in [6, 6.07) is 7.64. The van der Waals surface area contributed by atoms with E-state index in [4.69, 9.17) is 4.74 Å². The zero-order valence-corrected chi connectivity index (χ0v) is 19.3. The summed E-state index contributed by atoms with van der Waals surface area (Å²) < 4.78 is 5.09. The Kier molecular flexibility index (Phi) is 13.5. The molecule has 3 N–H and O–H groups in total. The van der Waals surface area contributed by atoms with E-state index in [1.54, 1.807) is 7.11 Å². The lowest BCUT2D eigenvalue weighted by molar-refractivity contribution is 0.0951. The van der Waals surface area contributed by atoms with Gasteiger partial charge in [0.15, 0.2) is 5.96 Å². The number of rotatable bonds is 14. The van der Waals surface area contributed by atoms with Gasteiger partial charge in [0, 0.05) is 58.5 Å². The predicted molar refractivity (Wildman–Crippen MR) is 124 cm³/mol. The molecule has 8 nitrogen and oxygen atoms in total. The van der Waals surface area contributed by atoms with E-state index in [-0.39, 0.29) is 5.91 Å². The van der Waals surface area contributed by atoms with Crippen LogP contribution in [0.4, 0.5) is 0 Å². The first kappa shape index (κ1) is 25.9. The van der Waals surface area contributed by atoms with Crippen molar-refractivity contribution in [3.05, 3.63) is 35.4 Å². The lowest BCUT2D eigenvalue weighted by Gasteiger charge is -2.18. The smallest absolute Gasteiger partial charge is 0.251 e. The molecule has 0 atom stereocenters. The van der Waals surface area contributed by atoms with Crippen molar-refractivity contribution in [3.8, 4) is 0 Å². The van der Waals surface area contributed by atoms with Crippen LogP contribution in [-0.2, 0) is 11.3 Å². The van der Waals surface area contributed by atoms with Gasteiger partial charge in [-0.05, 0) is 52.2 Å². The zero-order chi connectivity index (χ0) is 22.2.